The summed E-state index contributed by atoms with van der Waals surface area (Å²) >= 11 is 0. The van der Waals surface area contributed by atoms with Crippen molar-refractivity contribution in [1.82, 2.24) is 25.3 Å². The van der Waals surface area contributed by atoms with Crippen molar-refractivity contribution in [3.8, 4) is 0 Å². The molecule has 34 heteroatoms. The van der Waals surface area contributed by atoms with Gasteiger partial charge in [0, 0.05) is 24.5 Å². The van der Waals surface area contributed by atoms with Gasteiger partial charge >= 0.3 is 37.1 Å². The Morgan fingerprint density at radius 1 is 0.396 bits per heavy atom. The number of aliphatic imine (C=N–C) groups is 3. The van der Waals surface area contributed by atoms with Crippen LogP contribution in [0.4, 0.5) is 79.0 Å². The molecule has 0 radical (unpaired) electrons. The van der Waals surface area contributed by atoms with E-state index in [4.69, 9.17) is 25.7 Å². The number of guanidine groups is 2. The molecule has 5 aliphatic heterocycles. The zero-order valence-corrected chi connectivity index (χ0v) is 60.2. The molecule has 0 aromatic heterocycles. The lowest BCUT2D eigenvalue weighted by atomic mass is 9.68. The fourth-order valence-corrected chi connectivity index (χ4v) is 14.8. The molecule has 2 saturated heterocycles. The summed E-state index contributed by atoms with van der Waals surface area (Å²) in [5, 5.41) is 6.81. The van der Waals surface area contributed by atoms with Gasteiger partial charge in [-0.2, -0.15) is 79.0 Å². The molecule has 3 amide bonds. The van der Waals surface area contributed by atoms with Crippen LogP contribution in [-0.4, -0.2) is 121 Å². The number of nitrogens with two attached hydrogens (primary N) is 2. The molecule has 0 bridgehead atoms. The van der Waals surface area contributed by atoms with Crippen molar-refractivity contribution in [2.45, 2.75) is 169 Å². The number of hydrogen-bond acceptors (Lipinski definition) is 13. The molecular formula is C77H80F18N10O6. The van der Waals surface area contributed by atoms with Gasteiger partial charge in [-0.05, 0) is 167 Å². The van der Waals surface area contributed by atoms with Crippen molar-refractivity contribution in [2.24, 2.45) is 26.4 Å². The van der Waals surface area contributed by atoms with Gasteiger partial charge in [-0.3, -0.25) is 34.1 Å². The van der Waals surface area contributed by atoms with Crippen molar-refractivity contribution in [3.63, 3.8) is 0 Å². The quantitative estimate of drug-likeness (QED) is 0.0600. The number of hydrogen-bond donors (Lipinski definition) is 4. The van der Waals surface area contributed by atoms with Crippen molar-refractivity contribution in [1.29, 1.82) is 0 Å². The lowest BCUT2D eigenvalue weighted by Crippen LogP contribution is -2.59. The molecule has 1 aliphatic carbocycles. The number of halogens is 18. The van der Waals surface area contributed by atoms with E-state index in [-0.39, 0.29) is 122 Å². The van der Waals surface area contributed by atoms with Gasteiger partial charge in [-0.25, -0.2) is 9.98 Å². The van der Waals surface area contributed by atoms with Crippen LogP contribution in [0.5, 0.6) is 0 Å². The van der Waals surface area contributed by atoms with E-state index in [9.17, 15) is 93.4 Å². The van der Waals surface area contributed by atoms with E-state index < -0.39 is 105 Å². The maximum absolute atomic E-state index is 13.3. The molecule has 1 saturated carbocycles. The minimum atomic E-state index is -4.95. The number of amides is 3. The molecule has 0 spiro atoms. The lowest BCUT2D eigenvalue weighted by Gasteiger charge is -2.44. The molecular weight excluding hydrogens is 1500 g/mol. The van der Waals surface area contributed by atoms with Crippen LogP contribution in [0.3, 0.4) is 0 Å². The van der Waals surface area contributed by atoms with Gasteiger partial charge in [0.1, 0.15) is 25.5 Å². The molecule has 5 heterocycles. The minimum Gasteiger partial charge on any atom is -0.373 e. The average molecular weight is 1580 g/mol. The first-order valence-corrected chi connectivity index (χ1v) is 35.4. The largest absolute Gasteiger partial charge is 0.416 e. The number of rotatable bonds is 18. The molecule has 6 aromatic carbocycles. The Balaban J connectivity index is 0.000000177. The van der Waals surface area contributed by atoms with Crippen molar-refractivity contribution in [3.05, 3.63) is 212 Å². The van der Waals surface area contributed by atoms with Crippen molar-refractivity contribution < 1.29 is 108 Å². The third-order valence-electron chi connectivity index (χ3n) is 21.1. The maximum Gasteiger partial charge on any atom is 0.416 e. The molecule has 6 N–H and O–H groups in total. The van der Waals surface area contributed by atoms with E-state index in [0.717, 1.165) is 16.7 Å². The van der Waals surface area contributed by atoms with Gasteiger partial charge in [-0.15, -0.1) is 0 Å². The molecule has 600 valence electrons. The second-order valence-corrected chi connectivity index (χ2v) is 28.3. The van der Waals surface area contributed by atoms with Crippen LogP contribution in [0.1, 0.15) is 164 Å². The summed E-state index contributed by atoms with van der Waals surface area (Å²) < 4.78 is 258. The Hall–Kier alpha value is -9.12. The van der Waals surface area contributed by atoms with Crippen LogP contribution in [-0.2, 0) is 82.1 Å². The summed E-state index contributed by atoms with van der Waals surface area (Å²) in [7, 11) is 0. The SMILES string of the molecule is CC1=NCC(=O)N1C1CCC(CO[C@H](C)c2cc(C(F)(F)F)cc(C(F)(F)F)c2)(c2ccccc2)CC1.C[C@@H](OC[C@@]1(c2ccccc2)CC[C@@H](N2C(=O)CN=C2N)CN1)c1cc(C(F)(F)F)cc(C(F)(F)F)c1.C[C@@H](OC[C@@]1(c2ccccc2)CC[C@H](N2C(=O)CN=C2N)CN1)c1cc(C(F)(F)F)cc(C(F)(F)F)c1. The van der Waals surface area contributed by atoms with Gasteiger partial charge in [0.05, 0.1) is 94.7 Å². The molecule has 16 nitrogen and oxygen atoms in total. The van der Waals surface area contributed by atoms with Crippen LogP contribution >= 0.6 is 0 Å². The third kappa shape index (κ3) is 20.0. The van der Waals surface area contributed by atoms with Crippen molar-refractivity contribution >= 4 is 35.5 Å². The minimum absolute atomic E-state index is 0.00850. The number of amidine groups is 1. The molecule has 7 atom stereocenters. The predicted octanol–water partition coefficient (Wildman–Crippen LogP) is 16.2. The van der Waals surface area contributed by atoms with Gasteiger partial charge < -0.3 is 36.3 Å². The van der Waals surface area contributed by atoms with Crippen molar-refractivity contribution in [2.75, 3.05) is 52.5 Å². The maximum atomic E-state index is 13.3. The molecule has 111 heavy (non-hydrogen) atoms. The highest BCUT2D eigenvalue weighted by Crippen LogP contribution is 2.47. The fourth-order valence-electron chi connectivity index (χ4n) is 14.8. The van der Waals surface area contributed by atoms with Crippen LogP contribution in [0, 0.1) is 0 Å². The molecule has 6 aromatic rings. The number of piperidine rings is 2. The normalized spacial score (nSPS) is 23.8. The standard InChI is InChI=1S/C27H28F6N2O2.2C25H26F6N4O2/c1-17(19-12-21(26(28,29)30)14-22(13-19)27(31,32)33)37-16-25(20-6-4-3-5-7-20)10-8-23(9-11-25)35-18(2)34-15-24(35)36;2*1-15(16-9-18(24(26,27)28)11-19(10-16)25(29,30)31)37-14-23(17-5-3-2-4-6-17)8-7-20(12-34-23)35-21(36)13-33-22(35)32/h3-7,12-14,17,23H,8-11,15-16H2,1-2H3;2*2-6,9-11,15,20,34H,7-8,12-14H2,1H3,(H2,32,33)/t17-,23?,25?;15-,20+,23-;15-,20-,23-/m111/s1. The number of benzene rings is 6. The zero-order chi connectivity index (χ0) is 81.0. The van der Waals surface area contributed by atoms with Crippen LogP contribution in [0.2, 0.25) is 0 Å². The molecule has 12 rings (SSSR count). The number of nitrogens with one attached hydrogen (secondary N) is 2. The Labute approximate surface area is 626 Å². The van der Waals surface area contributed by atoms with E-state index in [1.54, 1.807) is 11.8 Å². The second-order valence-electron chi connectivity index (χ2n) is 28.3. The predicted molar refractivity (Wildman–Crippen MR) is 373 cm³/mol. The van der Waals surface area contributed by atoms with Gasteiger partial charge in [0.2, 0.25) is 5.91 Å². The number of ether oxygens (including phenoxy) is 3. The average Bonchev–Trinajstić information content (AvgIpc) is 1.77. The third-order valence-corrected chi connectivity index (χ3v) is 21.1. The second kappa shape index (κ2) is 33.3. The summed E-state index contributed by atoms with van der Waals surface area (Å²) in [6.45, 7) is 6.97. The lowest BCUT2D eigenvalue weighted by molar-refractivity contribution is -0.145. The number of carbonyl (C=O) groups excluding carboxylic acids is 3. The highest BCUT2D eigenvalue weighted by Gasteiger charge is 2.48. The van der Waals surface area contributed by atoms with E-state index in [1.807, 2.05) is 91.0 Å². The number of nitrogens with zero attached hydrogens (tertiary/aromatic N) is 6. The van der Waals surface area contributed by atoms with Crippen LogP contribution in [0.15, 0.2) is 161 Å². The van der Waals surface area contributed by atoms with Crippen LogP contribution in [0.25, 0.3) is 0 Å². The van der Waals surface area contributed by atoms with Gasteiger partial charge in [-0.1, -0.05) is 91.0 Å². The summed E-state index contributed by atoms with van der Waals surface area (Å²) in [5.41, 5.74) is 3.42. The smallest absolute Gasteiger partial charge is 0.373 e. The Kier molecular flexibility index (Phi) is 25.3. The topological polar surface area (TPSA) is 202 Å². The summed E-state index contributed by atoms with van der Waals surface area (Å²) in [5.74, 6) is 0.553. The van der Waals surface area contributed by atoms with E-state index >= 15 is 0 Å². The van der Waals surface area contributed by atoms with E-state index in [1.165, 1.54) is 30.6 Å². The highest BCUT2D eigenvalue weighted by atomic mass is 19.4. The molecule has 0 unspecified atom stereocenters. The first-order chi connectivity index (χ1) is 51.9. The Bertz CT molecular complexity index is 3810. The fraction of sp³-hybridized carbons (Fsp3) is 0.455. The molecule has 3 fully saturated rings. The first-order valence-electron chi connectivity index (χ1n) is 35.4. The Morgan fingerprint density at radius 3 is 0.937 bits per heavy atom. The monoisotopic (exact) mass is 1580 g/mol. The molecule has 6 aliphatic rings. The Morgan fingerprint density at radius 2 is 0.676 bits per heavy atom. The first kappa shape index (κ1) is 84.3. The van der Waals surface area contributed by atoms with Gasteiger partial charge in [0.15, 0.2) is 11.9 Å². The summed E-state index contributed by atoms with van der Waals surface area (Å²) in [4.78, 5) is 53.5. The summed E-state index contributed by atoms with van der Waals surface area (Å²) in [6, 6.07) is 31.9. The highest BCUT2D eigenvalue weighted by molar-refractivity contribution is 6.04. The van der Waals surface area contributed by atoms with E-state index in [2.05, 4.69) is 25.6 Å². The van der Waals surface area contributed by atoms with Gasteiger partial charge in [0.25, 0.3) is 11.8 Å². The van der Waals surface area contributed by atoms with E-state index in [0.29, 0.717) is 107 Å². The number of carbonyl (C=O) groups is 3. The van der Waals surface area contributed by atoms with Crippen LogP contribution < -0.4 is 22.1 Å². The summed E-state index contributed by atoms with van der Waals surface area (Å²) in [6.07, 6.45) is -28.1. The zero-order valence-electron chi connectivity index (χ0n) is 60.2. The number of alkyl halides is 18.